The van der Waals surface area contributed by atoms with Crippen LogP contribution < -0.4 is 0 Å². The van der Waals surface area contributed by atoms with Gasteiger partial charge in [0.15, 0.2) is 0 Å². The van der Waals surface area contributed by atoms with E-state index in [0.29, 0.717) is 0 Å². The Hall–Kier alpha value is 4.92. The number of hydrogen-bond acceptors (Lipinski definition) is 0. The largest absolute Gasteiger partial charge is 0.693 e. The Balaban J connectivity index is -0.0000000125. The topological polar surface area (TPSA) is 100 Å². The standard InChI is InChI=1S/6C3H9Si.3Er.3H2N/c6*1-4(2)3;;;;;;/h6*1-3H3;;;;3*1H2/q;;;;;;;;;3*-1. The van der Waals surface area contributed by atoms with E-state index in [1.807, 2.05) is 0 Å². The third-order valence-corrected chi connectivity index (χ3v) is 0. The molecular formula is C18H60Er3N3Si6-3. The fraction of sp³-hybridized carbons (Fsp3) is 1.00. The summed E-state index contributed by atoms with van der Waals surface area (Å²) in [4.78, 5) is 0. The second kappa shape index (κ2) is 70.0. The van der Waals surface area contributed by atoms with E-state index in [9.17, 15) is 0 Å². The van der Waals surface area contributed by atoms with Gasteiger partial charge in [-0.05, 0) is 0 Å². The molecule has 0 saturated carbocycles. The van der Waals surface area contributed by atoms with Crippen molar-refractivity contribution in [3.8, 4) is 0 Å². The Morgan fingerprint density at radius 1 is 0.200 bits per heavy atom. The van der Waals surface area contributed by atoms with Crippen LogP contribution in [-0.2, 0) is 0 Å². The van der Waals surface area contributed by atoms with Gasteiger partial charge in [0.25, 0.3) is 0 Å². The Morgan fingerprint density at radius 3 is 0.200 bits per heavy atom. The first-order valence-electron chi connectivity index (χ1n) is 9.00. The average molecular weight is 989 g/mol. The van der Waals surface area contributed by atoms with Crippen molar-refractivity contribution >= 4 is 52.8 Å². The Kier molecular flexibility index (Phi) is 178. The van der Waals surface area contributed by atoms with Crippen LogP contribution in [0.3, 0.4) is 0 Å². The van der Waals surface area contributed by atoms with Gasteiger partial charge in [-0.25, -0.2) is 0 Å². The molecule has 0 aliphatic rings. The summed E-state index contributed by atoms with van der Waals surface area (Å²) in [5.74, 6) is 0. The smallest absolute Gasteiger partial charge is 0.0379 e. The molecule has 0 fully saturated rings. The second-order valence-electron chi connectivity index (χ2n) is 9.00. The van der Waals surface area contributed by atoms with Crippen LogP contribution in [0.1, 0.15) is 0 Å². The molecule has 0 amide bonds. The van der Waals surface area contributed by atoms with Gasteiger partial charge in [-0.1, -0.05) is 118 Å². The van der Waals surface area contributed by atoms with E-state index in [1.165, 1.54) is 0 Å². The van der Waals surface area contributed by atoms with Crippen molar-refractivity contribution in [2.75, 3.05) is 0 Å². The molecule has 0 unspecified atom stereocenters. The molecular weight excluding hydrogens is 929 g/mol. The first-order valence-corrected chi connectivity index (χ1v) is 27.0. The molecule has 30 heavy (non-hydrogen) atoms. The van der Waals surface area contributed by atoms with E-state index in [2.05, 4.69) is 118 Å². The third-order valence-electron chi connectivity index (χ3n) is 0. The molecule has 12 heteroatoms. The van der Waals surface area contributed by atoms with Crippen molar-refractivity contribution in [2.45, 2.75) is 118 Å². The minimum atomic E-state index is 0. The predicted molar refractivity (Wildman–Crippen MR) is 156 cm³/mol. The van der Waals surface area contributed by atoms with Gasteiger partial charge in [-0.15, -0.1) is 0 Å². The van der Waals surface area contributed by atoms with Crippen LogP contribution in [-0.4, -0.2) is 52.8 Å². The van der Waals surface area contributed by atoms with Gasteiger partial charge in [0.2, 0.25) is 0 Å². The zero-order valence-electron chi connectivity index (χ0n) is 23.6. The summed E-state index contributed by atoms with van der Waals surface area (Å²) in [5.41, 5.74) is 0. The molecule has 0 aliphatic heterocycles. The maximum atomic E-state index is 2.27. The second-order valence-corrected chi connectivity index (χ2v) is 27.0. The van der Waals surface area contributed by atoms with Gasteiger partial charge in [0, 0.05) is 165 Å². The summed E-state index contributed by atoms with van der Waals surface area (Å²) >= 11 is 0. The molecule has 0 bridgehead atoms. The number of rotatable bonds is 0. The van der Waals surface area contributed by atoms with Crippen molar-refractivity contribution in [1.29, 1.82) is 0 Å². The van der Waals surface area contributed by atoms with Crippen LogP contribution in [0.2, 0.25) is 118 Å². The Labute approximate surface area is 295 Å². The van der Waals surface area contributed by atoms with Crippen LogP contribution in [0, 0.1) is 112 Å². The SMILES string of the molecule is C[Si](C)C.C[Si](C)C.C[Si](C)C.C[Si](C)C.C[Si](C)C.C[Si](C)C.[Er].[Er].[Er].[NH2-].[NH2-].[NH2-]. The monoisotopic (exact) mass is 984 g/mol. The first kappa shape index (κ1) is 76.5. The van der Waals surface area contributed by atoms with Gasteiger partial charge in [-0.3, -0.25) is 0 Å². The van der Waals surface area contributed by atoms with E-state index in [4.69, 9.17) is 0 Å². The molecule has 0 aliphatic carbocycles. The summed E-state index contributed by atoms with van der Waals surface area (Å²) in [6.45, 7) is 40.8. The van der Waals surface area contributed by atoms with E-state index in [1.54, 1.807) is 0 Å². The van der Waals surface area contributed by atoms with Gasteiger partial charge in [0.1, 0.15) is 0 Å². The zero-order valence-corrected chi connectivity index (χ0v) is 35.2. The molecule has 0 aromatic carbocycles. The Bertz CT molecular complexity index is 122. The molecule has 0 spiro atoms. The molecule has 0 rings (SSSR count). The van der Waals surface area contributed by atoms with Crippen molar-refractivity contribution in [3.05, 3.63) is 18.5 Å². The molecule has 6 N–H and O–H groups in total. The molecule has 0 aromatic heterocycles. The van der Waals surface area contributed by atoms with E-state index in [-0.39, 0.29) is 183 Å². The van der Waals surface area contributed by atoms with E-state index in [0.717, 1.165) is 0 Å². The molecule has 0 saturated heterocycles. The normalized spacial score (nSPS) is 7.20. The van der Waals surface area contributed by atoms with Gasteiger partial charge < -0.3 is 18.5 Å². The van der Waals surface area contributed by atoms with Crippen LogP contribution in [0.4, 0.5) is 0 Å². The van der Waals surface area contributed by atoms with Crippen LogP contribution in [0.5, 0.6) is 0 Å². The minimum absolute atomic E-state index is 0. The number of hydrogen-bond donors (Lipinski definition) is 0. The van der Waals surface area contributed by atoms with Crippen molar-refractivity contribution in [2.24, 2.45) is 0 Å². The summed E-state index contributed by atoms with van der Waals surface area (Å²) < 4.78 is 0. The summed E-state index contributed by atoms with van der Waals surface area (Å²) in [5, 5.41) is 0. The van der Waals surface area contributed by atoms with Gasteiger partial charge in [0.05, 0.1) is 0 Å². The molecule has 0 aromatic rings. The van der Waals surface area contributed by atoms with E-state index >= 15 is 0 Å². The molecule has 3 nitrogen and oxygen atoms in total. The van der Waals surface area contributed by atoms with Crippen LogP contribution in [0.25, 0.3) is 18.5 Å². The van der Waals surface area contributed by atoms with Gasteiger partial charge in [-0.2, -0.15) is 0 Å². The summed E-state index contributed by atoms with van der Waals surface area (Å²) in [7, 11) is 0.722. The van der Waals surface area contributed by atoms with Crippen molar-refractivity contribution < 1.29 is 112 Å². The predicted octanol–water partition coefficient (Wildman–Crippen LogP) is 10.4. The van der Waals surface area contributed by atoms with Crippen LogP contribution >= 0.6 is 0 Å². The molecule has 0 atom stereocenters. The average Bonchev–Trinajstić information content (AvgIpc) is 2.08. The fourth-order valence-electron chi connectivity index (χ4n) is 0. The number of nitrogens with two attached hydrogens (primary N) is 3. The molecule has 0 heterocycles. The van der Waals surface area contributed by atoms with Crippen LogP contribution in [0.15, 0.2) is 0 Å². The zero-order chi connectivity index (χ0) is 21.5. The Morgan fingerprint density at radius 2 is 0.200 bits per heavy atom. The fourth-order valence-corrected chi connectivity index (χ4v) is 0. The van der Waals surface area contributed by atoms with E-state index < -0.39 is 0 Å². The summed E-state index contributed by atoms with van der Waals surface area (Å²) in [6, 6.07) is 0. The molecule has 210 valence electrons. The maximum absolute atomic E-state index is 2.27. The molecule has 6 radical (unpaired) electrons. The van der Waals surface area contributed by atoms with Gasteiger partial charge >= 0.3 is 0 Å². The third kappa shape index (κ3) is 1380. The first-order chi connectivity index (χ1) is 10.4. The quantitative estimate of drug-likeness (QED) is 0.216. The summed E-state index contributed by atoms with van der Waals surface area (Å²) in [6.07, 6.45) is 0. The maximum Gasteiger partial charge on any atom is 0.0379 e. The van der Waals surface area contributed by atoms with Crippen molar-refractivity contribution in [3.63, 3.8) is 0 Å². The van der Waals surface area contributed by atoms with Crippen molar-refractivity contribution in [1.82, 2.24) is 0 Å². The minimum Gasteiger partial charge on any atom is -0.693 e.